The summed E-state index contributed by atoms with van der Waals surface area (Å²) in [6, 6.07) is 7.92. The van der Waals surface area contributed by atoms with E-state index in [1.807, 2.05) is 35.4 Å². The van der Waals surface area contributed by atoms with E-state index in [-0.39, 0.29) is 17.7 Å². The van der Waals surface area contributed by atoms with Gasteiger partial charge in [-0.2, -0.15) is 0 Å². The molecule has 0 spiro atoms. The number of hydrogen-bond acceptors (Lipinski definition) is 4. The van der Waals surface area contributed by atoms with Gasteiger partial charge in [-0.05, 0) is 24.6 Å². The van der Waals surface area contributed by atoms with Crippen LogP contribution in [0.25, 0.3) is 10.9 Å². The Kier molecular flexibility index (Phi) is 5.18. The van der Waals surface area contributed by atoms with E-state index in [9.17, 15) is 13.2 Å². The fraction of sp³-hybridized carbons (Fsp3) is 0.526. The Balaban J connectivity index is 1.30. The van der Waals surface area contributed by atoms with Crippen molar-refractivity contribution in [2.24, 2.45) is 0 Å². The van der Waals surface area contributed by atoms with Crippen LogP contribution in [0, 0.1) is 0 Å². The Morgan fingerprint density at radius 2 is 1.93 bits per heavy atom. The normalized spacial score (nSPS) is 23.1. The highest BCUT2D eigenvalue weighted by atomic mass is 35.5. The molecular formula is C19H24ClN3O3S. The standard InChI is InChI=1S/C19H24ClN3O3S/c20-17-2-1-3-18-16(17)4-7-22(18)8-5-19(24)23-11-9-21(10-12-23)15-6-13-27(25,26)14-15/h1-4,7,15H,5-6,8-14H2/t15-/m1/s1. The molecule has 3 heterocycles. The van der Waals surface area contributed by atoms with Gasteiger partial charge in [0, 0.05) is 67.3 Å². The second-order valence-corrected chi connectivity index (χ2v) is 10.0. The Hall–Kier alpha value is -1.57. The molecule has 1 atom stereocenters. The summed E-state index contributed by atoms with van der Waals surface area (Å²) in [6.07, 6.45) is 3.15. The molecule has 2 aliphatic heterocycles. The minimum atomic E-state index is -2.86. The summed E-state index contributed by atoms with van der Waals surface area (Å²) < 4.78 is 25.4. The fourth-order valence-electron chi connectivity index (χ4n) is 4.15. The van der Waals surface area contributed by atoms with Crippen LogP contribution >= 0.6 is 11.6 Å². The molecule has 2 saturated heterocycles. The summed E-state index contributed by atoms with van der Waals surface area (Å²) in [5.41, 5.74) is 1.04. The largest absolute Gasteiger partial charge is 0.347 e. The molecule has 0 unspecified atom stereocenters. The summed E-state index contributed by atoms with van der Waals surface area (Å²) in [5.74, 6) is 0.716. The smallest absolute Gasteiger partial charge is 0.224 e. The molecular weight excluding hydrogens is 386 g/mol. The van der Waals surface area contributed by atoms with Crippen LogP contribution < -0.4 is 0 Å². The van der Waals surface area contributed by atoms with Crippen LogP contribution in [0.3, 0.4) is 0 Å². The SMILES string of the molecule is O=C(CCn1ccc2c(Cl)cccc21)N1CCN([C@@H]2CCS(=O)(=O)C2)CC1. The molecule has 0 N–H and O–H groups in total. The predicted molar refractivity (Wildman–Crippen MR) is 107 cm³/mol. The quantitative estimate of drug-likeness (QED) is 0.775. The van der Waals surface area contributed by atoms with Crippen molar-refractivity contribution in [1.29, 1.82) is 0 Å². The van der Waals surface area contributed by atoms with Crippen LogP contribution in [-0.4, -0.2) is 72.4 Å². The number of rotatable bonds is 4. The van der Waals surface area contributed by atoms with Crippen LogP contribution in [-0.2, 0) is 21.2 Å². The van der Waals surface area contributed by atoms with E-state index in [0.717, 1.165) is 35.4 Å². The minimum Gasteiger partial charge on any atom is -0.347 e. The number of carbonyl (C=O) groups excluding carboxylic acids is 1. The highest BCUT2D eigenvalue weighted by Crippen LogP contribution is 2.24. The van der Waals surface area contributed by atoms with Crippen molar-refractivity contribution < 1.29 is 13.2 Å². The van der Waals surface area contributed by atoms with Crippen LogP contribution in [0.1, 0.15) is 12.8 Å². The molecule has 0 aliphatic carbocycles. The number of carbonyl (C=O) groups is 1. The van der Waals surface area contributed by atoms with Gasteiger partial charge in [0.1, 0.15) is 0 Å². The van der Waals surface area contributed by atoms with Crippen molar-refractivity contribution in [2.45, 2.75) is 25.4 Å². The minimum absolute atomic E-state index is 0.128. The number of aromatic nitrogens is 1. The molecule has 0 saturated carbocycles. The first kappa shape index (κ1) is 18.8. The van der Waals surface area contributed by atoms with Gasteiger partial charge in [-0.3, -0.25) is 9.69 Å². The second-order valence-electron chi connectivity index (χ2n) is 7.41. The van der Waals surface area contributed by atoms with Crippen molar-refractivity contribution in [3.63, 3.8) is 0 Å². The highest BCUT2D eigenvalue weighted by Gasteiger charge is 2.34. The Morgan fingerprint density at radius 3 is 2.63 bits per heavy atom. The Labute approximate surface area is 164 Å². The lowest BCUT2D eigenvalue weighted by Crippen LogP contribution is -2.52. The van der Waals surface area contributed by atoms with Gasteiger partial charge >= 0.3 is 0 Å². The molecule has 6 nitrogen and oxygen atoms in total. The molecule has 2 aromatic rings. The fourth-order valence-corrected chi connectivity index (χ4v) is 6.15. The number of amides is 1. The predicted octanol–water partition coefficient (Wildman–Crippen LogP) is 2.02. The first-order valence-corrected chi connectivity index (χ1v) is 11.6. The lowest BCUT2D eigenvalue weighted by molar-refractivity contribution is -0.133. The summed E-state index contributed by atoms with van der Waals surface area (Å²) in [6.45, 7) is 3.49. The number of halogens is 1. The maximum atomic E-state index is 12.6. The lowest BCUT2D eigenvalue weighted by Gasteiger charge is -2.37. The summed E-state index contributed by atoms with van der Waals surface area (Å²) >= 11 is 6.21. The van der Waals surface area contributed by atoms with E-state index in [2.05, 4.69) is 9.47 Å². The molecule has 1 aromatic heterocycles. The highest BCUT2D eigenvalue weighted by molar-refractivity contribution is 7.91. The lowest BCUT2D eigenvalue weighted by atomic mass is 10.2. The number of hydrogen-bond donors (Lipinski definition) is 0. The van der Waals surface area contributed by atoms with Crippen molar-refractivity contribution in [2.75, 3.05) is 37.7 Å². The zero-order valence-corrected chi connectivity index (χ0v) is 16.8. The van der Waals surface area contributed by atoms with E-state index in [1.165, 1.54) is 0 Å². The monoisotopic (exact) mass is 409 g/mol. The van der Waals surface area contributed by atoms with E-state index < -0.39 is 9.84 Å². The zero-order chi connectivity index (χ0) is 19.0. The topological polar surface area (TPSA) is 62.6 Å². The summed E-state index contributed by atoms with van der Waals surface area (Å²) in [4.78, 5) is 16.7. The van der Waals surface area contributed by atoms with Gasteiger partial charge < -0.3 is 9.47 Å². The molecule has 8 heteroatoms. The number of nitrogens with zero attached hydrogens (tertiary/aromatic N) is 3. The van der Waals surface area contributed by atoms with Crippen molar-refractivity contribution in [3.05, 3.63) is 35.5 Å². The van der Waals surface area contributed by atoms with Crippen molar-refractivity contribution >= 4 is 38.2 Å². The number of benzene rings is 1. The van der Waals surface area contributed by atoms with Gasteiger partial charge in [0.25, 0.3) is 0 Å². The van der Waals surface area contributed by atoms with E-state index in [4.69, 9.17) is 11.6 Å². The summed E-state index contributed by atoms with van der Waals surface area (Å²) in [5, 5.41) is 1.73. The summed E-state index contributed by atoms with van der Waals surface area (Å²) in [7, 11) is -2.86. The molecule has 4 rings (SSSR count). The van der Waals surface area contributed by atoms with Gasteiger partial charge in [0.15, 0.2) is 9.84 Å². The molecule has 0 bridgehead atoms. The molecule has 146 valence electrons. The van der Waals surface area contributed by atoms with Gasteiger partial charge in [-0.15, -0.1) is 0 Å². The van der Waals surface area contributed by atoms with Gasteiger partial charge in [0.05, 0.1) is 11.5 Å². The van der Waals surface area contributed by atoms with Crippen molar-refractivity contribution in [1.82, 2.24) is 14.4 Å². The van der Waals surface area contributed by atoms with Crippen LogP contribution in [0.2, 0.25) is 5.02 Å². The third-order valence-corrected chi connectivity index (χ3v) is 7.80. The van der Waals surface area contributed by atoms with Gasteiger partial charge in [-0.25, -0.2) is 8.42 Å². The van der Waals surface area contributed by atoms with Crippen molar-refractivity contribution in [3.8, 4) is 0 Å². The first-order chi connectivity index (χ1) is 12.9. The zero-order valence-electron chi connectivity index (χ0n) is 15.2. The maximum Gasteiger partial charge on any atom is 0.224 e. The van der Waals surface area contributed by atoms with Gasteiger partial charge in [-0.1, -0.05) is 17.7 Å². The molecule has 27 heavy (non-hydrogen) atoms. The van der Waals surface area contributed by atoms with E-state index in [0.29, 0.717) is 31.8 Å². The Bertz CT molecular complexity index is 948. The molecule has 0 radical (unpaired) electrons. The third kappa shape index (κ3) is 4.00. The number of sulfone groups is 1. The Morgan fingerprint density at radius 1 is 1.15 bits per heavy atom. The van der Waals surface area contributed by atoms with E-state index >= 15 is 0 Å². The average Bonchev–Trinajstić information content (AvgIpc) is 3.24. The number of fused-ring (bicyclic) bond motifs is 1. The average molecular weight is 410 g/mol. The maximum absolute atomic E-state index is 12.6. The molecule has 2 fully saturated rings. The van der Waals surface area contributed by atoms with Crippen LogP contribution in [0.4, 0.5) is 0 Å². The number of piperazine rings is 1. The molecule has 2 aliphatic rings. The van der Waals surface area contributed by atoms with E-state index in [1.54, 1.807) is 0 Å². The van der Waals surface area contributed by atoms with Crippen LogP contribution in [0.5, 0.6) is 0 Å². The molecule has 1 aromatic carbocycles. The van der Waals surface area contributed by atoms with Gasteiger partial charge in [0.2, 0.25) is 5.91 Å². The molecule has 1 amide bonds. The van der Waals surface area contributed by atoms with Crippen LogP contribution in [0.15, 0.2) is 30.5 Å². The first-order valence-electron chi connectivity index (χ1n) is 9.38. The number of aryl methyl sites for hydroxylation is 1. The second kappa shape index (κ2) is 7.45. The third-order valence-electron chi connectivity index (χ3n) is 5.72.